The minimum atomic E-state index is -0.104. The predicted octanol–water partition coefficient (Wildman–Crippen LogP) is 1.09. The Morgan fingerprint density at radius 1 is 1.58 bits per heavy atom. The van der Waals surface area contributed by atoms with Gasteiger partial charge in [0.1, 0.15) is 0 Å². The minimum absolute atomic E-state index is 0.0645. The first kappa shape index (κ1) is 9.68. The minimum Gasteiger partial charge on any atom is -0.315 e. The molecule has 4 N–H and O–H groups in total. The van der Waals surface area contributed by atoms with Crippen molar-refractivity contribution in [3.05, 3.63) is 0 Å². The van der Waals surface area contributed by atoms with Crippen molar-refractivity contribution in [2.24, 2.45) is 11.1 Å². The third-order valence-corrected chi connectivity index (χ3v) is 3.06. The summed E-state index contributed by atoms with van der Waals surface area (Å²) in [5.74, 6) is 0. The van der Waals surface area contributed by atoms with Crippen molar-refractivity contribution in [2.45, 2.75) is 38.8 Å². The molecule has 0 aliphatic heterocycles. The molecule has 1 aliphatic carbocycles. The molecule has 1 fully saturated rings. The van der Waals surface area contributed by atoms with Crippen molar-refractivity contribution in [1.29, 1.82) is 5.41 Å². The van der Waals surface area contributed by atoms with E-state index < -0.39 is 0 Å². The standard InChI is InChI=1S/C9H19N3/c1-9(8(11)12-2)6-4-3-5-7(9)10/h8,10,12H,3-6,11H2,1-2H3. The van der Waals surface area contributed by atoms with Gasteiger partial charge in [-0.1, -0.05) is 13.3 Å². The predicted molar refractivity (Wildman–Crippen MR) is 51.3 cm³/mol. The highest BCUT2D eigenvalue weighted by Crippen LogP contribution is 2.34. The van der Waals surface area contributed by atoms with Crippen LogP contribution in [0.15, 0.2) is 0 Å². The molecule has 2 unspecified atom stereocenters. The summed E-state index contributed by atoms with van der Waals surface area (Å²) < 4.78 is 0. The Morgan fingerprint density at radius 2 is 2.25 bits per heavy atom. The SMILES string of the molecule is CNC(N)C1(C)CCCCC1=N. The maximum Gasteiger partial charge on any atom is 0.0652 e. The summed E-state index contributed by atoms with van der Waals surface area (Å²) in [6.07, 6.45) is 4.27. The highest BCUT2D eigenvalue weighted by atomic mass is 15.0. The van der Waals surface area contributed by atoms with Crippen molar-refractivity contribution < 1.29 is 0 Å². The zero-order valence-corrected chi connectivity index (χ0v) is 7.98. The van der Waals surface area contributed by atoms with Gasteiger partial charge in [-0.05, 0) is 26.3 Å². The zero-order valence-electron chi connectivity index (χ0n) is 7.98. The van der Waals surface area contributed by atoms with Crippen molar-refractivity contribution in [2.75, 3.05) is 7.05 Å². The molecule has 0 aromatic rings. The topological polar surface area (TPSA) is 61.9 Å². The summed E-state index contributed by atoms with van der Waals surface area (Å²) in [5, 5.41) is 10.9. The number of hydrogen-bond donors (Lipinski definition) is 3. The second-order valence-electron chi connectivity index (χ2n) is 3.87. The van der Waals surface area contributed by atoms with Crippen molar-refractivity contribution in [1.82, 2.24) is 5.32 Å². The van der Waals surface area contributed by atoms with E-state index in [0.717, 1.165) is 25.0 Å². The fraction of sp³-hybridized carbons (Fsp3) is 0.889. The summed E-state index contributed by atoms with van der Waals surface area (Å²) in [7, 11) is 1.86. The number of rotatable bonds is 2. The summed E-state index contributed by atoms with van der Waals surface area (Å²) in [6, 6.07) is 0. The van der Waals surface area contributed by atoms with Crippen molar-refractivity contribution in [3.63, 3.8) is 0 Å². The van der Waals surface area contributed by atoms with E-state index in [9.17, 15) is 0 Å². The molecule has 0 heterocycles. The van der Waals surface area contributed by atoms with Crippen LogP contribution in [-0.2, 0) is 0 Å². The summed E-state index contributed by atoms with van der Waals surface area (Å²) in [6.45, 7) is 2.09. The Bertz CT molecular complexity index is 179. The maximum atomic E-state index is 7.86. The first-order valence-electron chi connectivity index (χ1n) is 4.62. The molecule has 0 bridgehead atoms. The van der Waals surface area contributed by atoms with E-state index in [1.807, 2.05) is 7.05 Å². The van der Waals surface area contributed by atoms with E-state index in [1.165, 1.54) is 6.42 Å². The largest absolute Gasteiger partial charge is 0.315 e. The number of nitrogens with two attached hydrogens (primary N) is 1. The van der Waals surface area contributed by atoms with Crippen LogP contribution in [0.25, 0.3) is 0 Å². The lowest BCUT2D eigenvalue weighted by Crippen LogP contribution is -2.53. The van der Waals surface area contributed by atoms with Crippen LogP contribution in [0.4, 0.5) is 0 Å². The molecule has 0 spiro atoms. The molecule has 1 saturated carbocycles. The van der Waals surface area contributed by atoms with Gasteiger partial charge in [-0.3, -0.25) is 0 Å². The molecule has 0 aromatic heterocycles. The van der Waals surface area contributed by atoms with Crippen LogP contribution in [0.5, 0.6) is 0 Å². The van der Waals surface area contributed by atoms with Gasteiger partial charge in [-0.25, -0.2) is 0 Å². The third kappa shape index (κ3) is 1.52. The fourth-order valence-electron chi connectivity index (χ4n) is 1.89. The van der Waals surface area contributed by atoms with Gasteiger partial charge in [0.25, 0.3) is 0 Å². The van der Waals surface area contributed by atoms with Crippen molar-refractivity contribution in [3.8, 4) is 0 Å². The van der Waals surface area contributed by atoms with E-state index in [2.05, 4.69) is 12.2 Å². The molecule has 3 nitrogen and oxygen atoms in total. The monoisotopic (exact) mass is 169 g/mol. The van der Waals surface area contributed by atoms with Gasteiger partial charge in [-0.2, -0.15) is 0 Å². The normalized spacial score (nSPS) is 33.4. The van der Waals surface area contributed by atoms with Gasteiger partial charge >= 0.3 is 0 Å². The lowest BCUT2D eigenvalue weighted by molar-refractivity contribution is 0.276. The average Bonchev–Trinajstić information content (AvgIpc) is 2.09. The van der Waals surface area contributed by atoms with Crippen LogP contribution < -0.4 is 11.1 Å². The molecule has 3 heteroatoms. The van der Waals surface area contributed by atoms with Crippen LogP contribution in [0.2, 0.25) is 0 Å². The molecule has 0 radical (unpaired) electrons. The molecular weight excluding hydrogens is 150 g/mol. The quantitative estimate of drug-likeness (QED) is 0.542. The summed E-state index contributed by atoms with van der Waals surface area (Å²) in [4.78, 5) is 0. The molecular formula is C9H19N3. The smallest absolute Gasteiger partial charge is 0.0652 e. The Hall–Kier alpha value is -0.410. The summed E-state index contributed by atoms with van der Waals surface area (Å²) >= 11 is 0. The number of nitrogens with one attached hydrogen (secondary N) is 2. The summed E-state index contributed by atoms with van der Waals surface area (Å²) in [5.41, 5.74) is 6.63. The van der Waals surface area contributed by atoms with Crippen LogP contribution in [0.3, 0.4) is 0 Å². The average molecular weight is 169 g/mol. The second kappa shape index (κ2) is 3.54. The Kier molecular flexibility index (Phi) is 2.85. The lowest BCUT2D eigenvalue weighted by atomic mass is 9.72. The molecule has 0 amide bonds. The molecule has 2 atom stereocenters. The molecule has 70 valence electrons. The Morgan fingerprint density at radius 3 is 2.75 bits per heavy atom. The molecule has 0 saturated heterocycles. The van der Waals surface area contributed by atoms with E-state index in [1.54, 1.807) is 0 Å². The highest BCUT2D eigenvalue weighted by molar-refractivity contribution is 5.88. The molecule has 1 rings (SSSR count). The van der Waals surface area contributed by atoms with E-state index in [-0.39, 0.29) is 11.6 Å². The van der Waals surface area contributed by atoms with Gasteiger partial charge in [0, 0.05) is 11.1 Å². The first-order chi connectivity index (χ1) is 5.61. The molecule has 1 aliphatic rings. The van der Waals surface area contributed by atoms with Gasteiger partial charge in [0.15, 0.2) is 0 Å². The van der Waals surface area contributed by atoms with Crippen LogP contribution in [-0.4, -0.2) is 18.9 Å². The van der Waals surface area contributed by atoms with E-state index in [4.69, 9.17) is 11.1 Å². The highest BCUT2D eigenvalue weighted by Gasteiger charge is 2.36. The van der Waals surface area contributed by atoms with Gasteiger partial charge < -0.3 is 16.5 Å². The van der Waals surface area contributed by atoms with Crippen LogP contribution in [0.1, 0.15) is 32.6 Å². The lowest BCUT2D eigenvalue weighted by Gasteiger charge is -2.39. The first-order valence-corrected chi connectivity index (χ1v) is 4.62. The van der Waals surface area contributed by atoms with Gasteiger partial charge in [0.2, 0.25) is 0 Å². The molecule has 12 heavy (non-hydrogen) atoms. The van der Waals surface area contributed by atoms with E-state index in [0.29, 0.717) is 0 Å². The zero-order chi connectivity index (χ0) is 9.19. The van der Waals surface area contributed by atoms with Gasteiger partial charge in [-0.15, -0.1) is 0 Å². The second-order valence-corrected chi connectivity index (χ2v) is 3.87. The van der Waals surface area contributed by atoms with Crippen LogP contribution in [0, 0.1) is 10.8 Å². The van der Waals surface area contributed by atoms with E-state index >= 15 is 0 Å². The number of hydrogen-bond acceptors (Lipinski definition) is 3. The fourth-order valence-corrected chi connectivity index (χ4v) is 1.89. The molecule has 0 aromatic carbocycles. The van der Waals surface area contributed by atoms with Crippen LogP contribution >= 0.6 is 0 Å². The van der Waals surface area contributed by atoms with Gasteiger partial charge in [0.05, 0.1) is 6.17 Å². The maximum absolute atomic E-state index is 7.86. The Balaban J connectivity index is 2.72. The Labute approximate surface area is 74.2 Å². The third-order valence-electron chi connectivity index (χ3n) is 3.06. The van der Waals surface area contributed by atoms with Crippen molar-refractivity contribution >= 4 is 5.71 Å².